The highest BCUT2D eigenvalue weighted by Gasteiger charge is 2.18. The molecule has 0 heterocycles. The summed E-state index contributed by atoms with van der Waals surface area (Å²) in [5.74, 6) is 9.11. The third kappa shape index (κ3) is 5.71. The molecule has 1 aliphatic rings. The van der Waals surface area contributed by atoms with Crippen molar-refractivity contribution in [3.63, 3.8) is 0 Å². The fraction of sp³-hybridized carbons (Fsp3) is 0.417. The molecule has 0 unspecified atom stereocenters. The molecular weight excluding hydrogens is 352 g/mol. The van der Waals surface area contributed by atoms with Gasteiger partial charge in [0.05, 0.1) is 13.2 Å². The standard InChI is InChI=1S/C24H28O2S/c1-25-23-15-14-21(18-24(23)26-22-12-5-6-13-22)20-11-8-10-19(17-20)9-4-2-3-7-16-27/h8,10-11,14-15,17-18,22,27H,2-3,5-7,12-13,16H2,1H3. The lowest BCUT2D eigenvalue weighted by atomic mass is 10.0. The Bertz CT molecular complexity index is 798. The van der Waals surface area contributed by atoms with Crippen LogP contribution in [0.4, 0.5) is 0 Å². The van der Waals surface area contributed by atoms with Crippen molar-refractivity contribution in [2.45, 2.75) is 51.0 Å². The molecule has 3 heteroatoms. The first-order valence-corrected chi connectivity index (χ1v) is 10.5. The van der Waals surface area contributed by atoms with Crippen LogP contribution in [0, 0.1) is 11.8 Å². The van der Waals surface area contributed by atoms with Gasteiger partial charge in [-0.2, -0.15) is 12.6 Å². The van der Waals surface area contributed by atoms with E-state index in [1.54, 1.807) is 7.11 Å². The van der Waals surface area contributed by atoms with E-state index in [2.05, 4.69) is 60.9 Å². The van der Waals surface area contributed by atoms with Crippen molar-refractivity contribution < 1.29 is 9.47 Å². The van der Waals surface area contributed by atoms with Crippen LogP contribution in [0.1, 0.15) is 50.5 Å². The monoisotopic (exact) mass is 380 g/mol. The Hall–Kier alpha value is -2.05. The van der Waals surface area contributed by atoms with E-state index in [0.717, 1.165) is 66.0 Å². The Labute approximate surface area is 168 Å². The lowest BCUT2D eigenvalue weighted by Crippen LogP contribution is -2.11. The molecule has 1 saturated carbocycles. The van der Waals surface area contributed by atoms with Crippen LogP contribution in [0.5, 0.6) is 11.5 Å². The van der Waals surface area contributed by atoms with Crippen molar-refractivity contribution >= 4 is 12.6 Å². The Kier molecular flexibility index (Phi) is 7.54. The fourth-order valence-corrected chi connectivity index (χ4v) is 3.62. The van der Waals surface area contributed by atoms with Crippen molar-refractivity contribution in [2.24, 2.45) is 0 Å². The molecule has 0 bridgehead atoms. The summed E-state index contributed by atoms with van der Waals surface area (Å²) in [7, 11) is 1.69. The summed E-state index contributed by atoms with van der Waals surface area (Å²) < 4.78 is 11.7. The molecule has 3 rings (SSSR count). The van der Waals surface area contributed by atoms with Gasteiger partial charge in [-0.05, 0) is 79.7 Å². The topological polar surface area (TPSA) is 18.5 Å². The minimum atomic E-state index is 0.309. The van der Waals surface area contributed by atoms with Crippen LogP contribution < -0.4 is 9.47 Å². The molecule has 2 aromatic carbocycles. The Morgan fingerprint density at radius 2 is 1.81 bits per heavy atom. The lowest BCUT2D eigenvalue weighted by molar-refractivity contribution is 0.201. The zero-order chi connectivity index (χ0) is 18.9. The number of unbranched alkanes of at least 4 members (excludes halogenated alkanes) is 2. The molecule has 0 spiro atoms. The van der Waals surface area contributed by atoms with Crippen LogP contribution in [-0.4, -0.2) is 19.0 Å². The number of ether oxygens (including phenoxy) is 2. The van der Waals surface area contributed by atoms with Gasteiger partial charge in [-0.15, -0.1) is 0 Å². The summed E-state index contributed by atoms with van der Waals surface area (Å²) in [6.45, 7) is 0. The molecule has 1 aliphatic carbocycles. The first-order valence-electron chi connectivity index (χ1n) is 9.85. The zero-order valence-corrected chi connectivity index (χ0v) is 16.9. The number of rotatable bonds is 7. The first kappa shape index (κ1) is 19.7. The van der Waals surface area contributed by atoms with Gasteiger partial charge in [0.15, 0.2) is 11.5 Å². The Morgan fingerprint density at radius 3 is 2.59 bits per heavy atom. The molecule has 0 N–H and O–H groups in total. The predicted octanol–water partition coefficient (Wildman–Crippen LogP) is 6.14. The minimum Gasteiger partial charge on any atom is -0.493 e. The molecule has 0 atom stereocenters. The van der Waals surface area contributed by atoms with Gasteiger partial charge in [-0.25, -0.2) is 0 Å². The maximum atomic E-state index is 6.23. The summed E-state index contributed by atoms with van der Waals surface area (Å²) in [6, 6.07) is 14.6. The zero-order valence-electron chi connectivity index (χ0n) is 16.0. The van der Waals surface area contributed by atoms with Crippen LogP contribution in [-0.2, 0) is 0 Å². The second-order valence-electron chi connectivity index (χ2n) is 6.95. The quantitative estimate of drug-likeness (QED) is 0.353. The van der Waals surface area contributed by atoms with E-state index >= 15 is 0 Å². The molecule has 142 valence electrons. The summed E-state index contributed by atoms with van der Waals surface area (Å²) in [5, 5.41) is 0. The first-order chi connectivity index (χ1) is 13.3. The van der Waals surface area contributed by atoms with Gasteiger partial charge in [-0.3, -0.25) is 0 Å². The van der Waals surface area contributed by atoms with Gasteiger partial charge in [-0.1, -0.05) is 30.0 Å². The van der Waals surface area contributed by atoms with Gasteiger partial charge >= 0.3 is 0 Å². The summed E-state index contributed by atoms with van der Waals surface area (Å²) in [4.78, 5) is 0. The second kappa shape index (κ2) is 10.3. The maximum Gasteiger partial charge on any atom is 0.162 e. The Morgan fingerprint density at radius 1 is 1.00 bits per heavy atom. The van der Waals surface area contributed by atoms with Crippen LogP contribution in [0.25, 0.3) is 11.1 Å². The molecule has 0 radical (unpaired) electrons. The number of benzene rings is 2. The summed E-state index contributed by atoms with van der Waals surface area (Å²) in [5.41, 5.74) is 3.33. The second-order valence-corrected chi connectivity index (χ2v) is 7.40. The van der Waals surface area contributed by atoms with E-state index in [0.29, 0.717) is 6.10 Å². The van der Waals surface area contributed by atoms with E-state index in [1.165, 1.54) is 12.8 Å². The van der Waals surface area contributed by atoms with Gasteiger partial charge < -0.3 is 9.47 Å². The fourth-order valence-electron chi connectivity index (χ4n) is 3.40. The van der Waals surface area contributed by atoms with Crippen molar-refractivity contribution in [3.8, 4) is 34.5 Å². The van der Waals surface area contributed by atoms with E-state index in [9.17, 15) is 0 Å². The number of thiol groups is 1. The normalized spacial score (nSPS) is 13.9. The molecule has 2 aromatic rings. The third-order valence-corrected chi connectivity index (χ3v) is 5.21. The third-order valence-electron chi connectivity index (χ3n) is 4.90. The number of hydrogen-bond donors (Lipinski definition) is 1. The highest BCUT2D eigenvalue weighted by molar-refractivity contribution is 7.80. The highest BCUT2D eigenvalue weighted by Crippen LogP contribution is 2.35. The van der Waals surface area contributed by atoms with Crippen LogP contribution in [0.2, 0.25) is 0 Å². The Balaban J connectivity index is 1.78. The average Bonchev–Trinajstić information content (AvgIpc) is 3.21. The van der Waals surface area contributed by atoms with Crippen molar-refractivity contribution in [2.75, 3.05) is 12.9 Å². The van der Waals surface area contributed by atoms with E-state index in [4.69, 9.17) is 9.47 Å². The SMILES string of the molecule is COc1ccc(-c2cccc(C#CCCCCS)c2)cc1OC1CCCC1. The van der Waals surface area contributed by atoms with Crippen molar-refractivity contribution in [1.82, 2.24) is 0 Å². The van der Waals surface area contributed by atoms with Crippen molar-refractivity contribution in [1.29, 1.82) is 0 Å². The smallest absolute Gasteiger partial charge is 0.162 e. The van der Waals surface area contributed by atoms with Crippen molar-refractivity contribution in [3.05, 3.63) is 48.0 Å². The van der Waals surface area contributed by atoms with Gasteiger partial charge in [0, 0.05) is 12.0 Å². The molecule has 1 fully saturated rings. The molecule has 0 saturated heterocycles. The van der Waals surface area contributed by atoms with E-state index in [-0.39, 0.29) is 0 Å². The highest BCUT2D eigenvalue weighted by atomic mass is 32.1. The van der Waals surface area contributed by atoms with Gasteiger partial charge in [0.25, 0.3) is 0 Å². The van der Waals surface area contributed by atoms with E-state index in [1.807, 2.05) is 6.07 Å². The van der Waals surface area contributed by atoms with Gasteiger partial charge in [0.1, 0.15) is 0 Å². The largest absolute Gasteiger partial charge is 0.493 e. The molecule has 0 amide bonds. The molecule has 0 aromatic heterocycles. The molecule has 0 aliphatic heterocycles. The van der Waals surface area contributed by atoms with Gasteiger partial charge in [0.2, 0.25) is 0 Å². The van der Waals surface area contributed by atoms with Crippen LogP contribution in [0.15, 0.2) is 42.5 Å². The number of methoxy groups -OCH3 is 1. The minimum absolute atomic E-state index is 0.309. The summed E-state index contributed by atoms with van der Waals surface area (Å²) in [6.07, 6.45) is 8.22. The lowest BCUT2D eigenvalue weighted by Gasteiger charge is -2.17. The van der Waals surface area contributed by atoms with Crippen LogP contribution >= 0.6 is 12.6 Å². The molecule has 27 heavy (non-hydrogen) atoms. The summed E-state index contributed by atoms with van der Waals surface area (Å²) >= 11 is 4.24. The van der Waals surface area contributed by atoms with Crippen LogP contribution in [0.3, 0.4) is 0 Å². The predicted molar refractivity (Wildman–Crippen MR) is 116 cm³/mol. The number of hydrogen-bond acceptors (Lipinski definition) is 3. The van der Waals surface area contributed by atoms with E-state index < -0.39 is 0 Å². The molecular formula is C24H28O2S. The molecule has 2 nitrogen and oxygen atoms in total. The average molecular weight is 381 g/mol. The maximum absolute atomic E-state index is 6.23.